The average Bonchev–Trinajstić information content (AvgIpc) is 3.35. The lowest BCUT2D eigenvalue weighted by Crippen LogP contribution is -2.50. The number of furan rings is 1. The second-order valence-electron chi connectivity index (χ2n) is 8.63. The van der Waals surface area contributed by atoms with Crippen molar-refractivity contribution >= 4 is 5.91 Å². The number of benzene rings is 1. The third-order valence-corrected chi connectivity index (χ3v) is 6.40. The number of hydrogen-bond acceptors (Lipinski definition) is 4. The average molecular weight is 380 g/mol. The van der Waals surface area contributed by atoms with Gasteiger partial charge in [-0.05, 0) is 55.9 Å². The Morgan fingerprint density at radius 3 is 2.71 bits per heavy atom. The predicted octanol–water partition coefficient (Wildman–Crippen LogP) is 3.85. The summed E-state index contributed by atoms with van der Waals surface area (Å²) >= 11 is 0. The van der Waals surface area contributed by atoms with Crippen LogP contribution in [-0.4, -0.2) is 35.5 Å². The van der Waals surface area contributed by atoms with Crippen LogP contribution in [0.1, 0.15) is 55.8 Å². The molecule has 5 nitrogen and oxygen atoms in total. The summed E-state index contributed by atoms with van der Waals surface area (Å²) in [6.07, 6.45) is 7.47. The van der Waals surface area contributed by atoms with Crippen molar-refractivity contribution in [3.8, 4) is 5.75 Å². The minimum absolute atomic E-state index is 0.154. The van der Waals surface area contributed by atoms with Gasteiger partial charge in [0.1, 0.15) is 17.1 Å². The van der Waals surface area contributed by atoms with Gasteiger partial charge in [0.15, 0.2) is 0 Å². The zero-order chi connectivity index (χ0) is 19.0. The second-order valence-corrected chi connectivity index (χ2v) is 8.63. The summed E-state index contributed by atoms with van der Waals surface area (Å²) in [7, 11) is 0. The normalized spacial score (nSPS) is 23.8. The monoisotopic (exact) mass is 380 g/mol. The highest BCUT2D eigenvalue weighted by molar-refractivity contribution is 5.77. The number of nitrogens with one attached hydrogen (secondary N) is 1. The summed E-state index contributed by atoms with van der Waals surface area (Å²) in [5.74, 6) is 2.41. The maximum Gasteiger partial charge on any atom is 0.220 e. The molecule has 2 fully saturated rings. The quantitative estimate of drug-likeness (QED) is 0.856. The van der Waals surface area contributed by atoms with Crippen LogP contribution in [0, 0.1) is 0 Å². The number of likely N-dealkylation sites (tertiary alicyclic amines) is 1. The standard InChI is InChI=1S/C23H28N2O3/c26-22(24-18-7-8-18)14-17-15-23(28-21-6-2-1-5-20(17)21)9-11-25(12-10-23)16-19-4-3-13-27-19/h1-6,13,17-18H,7-12,14-16H2,(H,24,26)/t17-/m0/s1. The molecule has 0 radical (unpaired) electrons. The summed E-state index contributed by atoms with van der Waals surface area (Å²) < 4.78 is 12.1. The number of para-hydroxylation sites is 1. The summed E-state index contributed by atoms with van der Waals surface area (Å²) in [4.78, 5) is 14.9. The van der Waals surface area contributed by atoms with Gasteiger partial charge in [0.2, 0.25) is 5.91 Å². The minimum Gasteiger partial charge on any atom is -0.487 e. The van der Waals surface area contributed by atoms with E-state index in [-0.39, 0.29) is 17.4 Å². The van der Waals surface area contributed by atoms with Crippen LogP contribution in [0.3, 0.4) is 0 Å². The predicted molar refractivity (Wildman–Crippen MR) is 106 cm³/mol. The topological polar surface area (TPSA) is 54.7 Å². The van der Waals surface area contributed by atoms with Gasteiger partial charge in [-0.25, -0.2) is 0 Å². The molecule has 1 saturated carbocycles. The van der Waals surface area contributed by atoms with Crippen molar-refractivity contribution in [3.05, 3.63) is 54.0 Å². The molecule has 0 unspecified atom stereocenters. The number of rotatable bonds is 5. The maximum absolute atomic E-state index is 12.5. The van der Waals surface area contributed by atoms with E-state index in [0.717, 1.165) is 63.2 Å². The lowest BCUT2D eigenvalue weighted by atomic mass is 9.76. The van der Waals surface area contributed by atoms with Crippen molar-refractivity contribution in [1.29, 1.82) is 0 Å². The zero-order valence-electron chi connectivity index (χ0n) is 16.2. The molecule has 5 heteroatoms. The Hall–Kier alpha value is -2.27. The highest BCUT2D eigenvalue weighted by atomic mass is 16.5. The smallest absolute Gasteiger partial charge is 0.220 e. The molecule has 0 bridgehead atoms. The SMILES string of the molecule is O=C(C[C@H]1CC2(CCN(Cc3ccco3)CC2)Oc2ccccc21)NC1CC1. The third kappa shape index (κ3) is 3.81. The first-order valence-electron chi connectivity index (χ1n) is 10.5. The van der Waals surface area contributed by atoms with Crippen molar-refractivity contribution in [2.45, 2.75) is 62.6 Å². The van der Waals surface area contributed by atoms with Crippen molar-refractivity contribution in [3.63, 3.8) is 0 Å². The van der Waals surface area contributed by atoms with Crippen molar-refractivity contribution in [2.75, 3.05) is 13.1 Å². The fourth-order valence-electron chi connectivity index (χ4n) is 4.71. The van der Waals surface area contributed by atoms with Crippen LogP contribution in [-0.2, 0) is 11.3 Å². The fraction of sp³-hybridized carbons (Fsp3) is 0.522. The Labute approximate surface area is 166 Å². The van der Waals surface area contributed by atoms with Crippen LogP contribution >= 0.6 is 0 Å². The van der Waals surface area contributed by atoms with E-state index in [2.05, 4.69) is 28.4 Å². The number of carbonyl (C=O) groups is 1. The highest BCUT2D eigenvalue weighted by Gasteiger charge is 2.43. The van der Waals surface area contributed by atoms with Gasteiger partial charge < -0.3 is 14.5 Å². The summed E-state index contributed by atoms with van der Waals surface area (Å²) in [6, 6.07) is 12.7. The van der Waals surface area contributed by atoms with Gasteiger partial charge in [-0.15, -0.1) is 0 Å². The molecule has 1 aromatic heterocycles. The molecular weight excluding hydrogens is 352 g/mol. The number of fused-ring (bicyclic) bond motifs is 1. The molecule has 1 aromatic carbocycles. The van der Waals surface area contributed by atoms with Crippen LogP contribution in [0.4, 0.5) is 0 Å². The summed E-state index contributed by atoms with van der Waals surface area (Å²) in [6.45, 7) is 2.83. The van der Waals surface area contributed by atoms with Gasteiger partial charge in [0, 0.05) is 31.5 Å². The number of hydrogen-bond donors (Lipinski definition) is 1. The van der Waals surface area contributed by atoms with Crippen molar-refractivity contribution in [1.82, 2.24) is 10.2 Å². The van der Waals surface area contributed by atoms with E-state index in [1.165, 1.54) is 5.56 Å². The molecule has 1 saturated heterocycles. The first-order chi connectivity index (χ1) is 13.7. The Kier molecular flexibility index (Phi) is 4.63. The Morgan fingerprint density at radius 2 is 1.96 bits per heavy atom. The molecular formula is C23H28N2O3. The third-order valence-electron chi connectivity index (χ3n) is 6.40. The van der Waals surface area contributed by atoms with E-state index in [1.54, 1.807) is 6.26 Å². The van der Waals surface area contributed by atoms with Crippen LogP contribution in [0.15, 0.2) is 47.1 Å². The molecule has 5 rings (SSSR count). The molecule has 1 aliphatic carbocycles. The van der Waals surface area contributed by atoms with Crippen LogP contribution in [0.2, 0.25) is 0 Å². The molecule has 3 heterocycles. The molecule has 1 atom stereocenters. The van der Waals surface area contributed by atoms with E-state index >= 15 is 0 Å². The number of piperidine rings is 1. The Morgan fingerprint density at radius 1 is 1.14 bits per heavy atom. The van der Waals surface area contributed by atoms with Gasteiger partial charge in [-0.2, -0.15) is 0 Å². The number of ether oxygens (including phenoxy) is 1. The molecule has 1 spiro atoms. The maximum atomic E-state index is 12.5. The summed E-state index contributed by atoms with van der Waals surface area (Å²) in [5.41, 5.74) is 1.04. The zero-order valence-corrected chi connectivity index (χ0v) is 16.2. The molecule has 1 N–H and O–H groups in total. The van der Waals surface area contributed by atoms with Gasteiger partial charge in [0.25, 0.3) is 0 Å². The number of amides is 1. The van der Waals surface area contributed by atoms with Crippen LogP contribution in [0.25, 0.3) is 0 Å². The van der Waals surface area contributed by atoms with Gasteiger partial charge in [0.05, 0.1) is 12.8 Å². The van der Waals surface area contributed by atoms with Gasteiger partial charge in [-0.3, -0.25) is 9.69 Å². The van der Waals surface area contributed by atoms with Crippen molar-refractivity contribution < 1.29 is 13.9 Å². The van der Waals surface area contributed by atoms with Gasteiger partial charge >= 0.3 is 0 Å². The van der Waals surface area contributed by atoms with E-state index in [1.807, 2.05) is 18.2 Å². The lowest BCUT2D eigenvalue weighted by Gasteiger charge is -2.46. The first kappa shape index (κ1) is 17.8. The molecule has 2 aliphatic heterocycles. The van der Waals surface area contributed by atoms with E-state index in [4.69, 9.17) is 9.15 Å². The van der Waals surface area contributed by atoms with Crippen LogP contribution < -0.4 is 10.1 Å². The summed E-state index contributed by atoms with van der Waals surface area (Å²) in [5, 5.41) is 3.16. The highest BCUT2D eigenvalue weighted by Crippen LogP contribution is 2.46. The fourth-order valence-corrected chi connectivity index (χ4v) is 4.71. The largest absolute Gasteiger partial charge is 0.487 e. The lowest BCUT2D eigenvalue weighted by molar-refractivity contribution is -0.122. The molecule has 2 aromatic rings. The van der Waals surface area contributed by atoms with Crippen molar-refractivity contribution in [2.24, 2.45) is 0 Å². The number of nitrogens with zero attached hydrogens (tertiary/aromatic N) is 1. The minimum atomic E-state index is -0.154. The molecule has 3 aliphatic rings. The Balaban J connectivity index is 1.28. The second kappa shape index (κ2) is 7.28. The molecule has 28 heavy (non-hydrogen) atoms. The first-order valence-corrected chi connectivity index (χ1v) is 10.5. The molecule has 1 amide bonds. The van der Waals surface area contributed by atoms with E-state index in [0.29, 0.717) is 12.5 Å². The van der Waals surface area contributed by atoms with Crippen LogP contribution in [0.5, 0.6) is 5.75 Å². The van der Waals surface area contributed by atoms with Gasteiger partial charge in [-0.1, -0.05) is 18.2 Å². The number of carbonyl (C=O) groups excluding carboxylic acids is 1. The molecule has 148 valence electrons. The van der Waals surface area contributed by atoms with E-state index < -0.39 is 0 Å². The Bertz CT molecular complexity index is 820. The van der Waals surface area contributed by atoms with E-state index in [9.17, 15) is 4.79 Å².